The van der Waals surface area contributed by atoms with Gasteiger partial charge in [0.2, 0.25) is 5.91 Å². The average Bonchev–Trinajstić information content (AvgIpc) is 3.74. The smallest absolute Gasteiger partial charge is 0.322 e. The van der Waals surface area contributed by atoms with Gasteiger partial charge in [0.1, 0.15) is 17.7 Å². The third-order valence-electron chi connectivity index (χ3n) is 8.06. The van der Waals surface area contributed by atoms with Crippen LogP contribution in [0.25, 0.3) is 0 Å². The number of hydrogen-bond donors (Lipinski definition) is 4. The van der Waals surface area contributed by atoms with Crippen molar-refractivity contribution in [3.63, 3.8) is 0 Å². The highest BCUT2D eigenvalue weighted by Gasteiger charge is 2.40. The maximum Gasteiger partial charge on any atom is 0.323 e. The van der Waals surface area contributed by atoms with E-state index in [4.69, 9.17) is 11.6 Å². The molecule has 0 bridgehead atoms. The molecule has 1 saturated carbocycles. The van der Waals surface area contributed by atoms with Crippen LogP contribution in [0.1, 0.15) is 50.2 Å². The summed E-state index contributed by atoms with van der Waals surface area (Å²) >= 11 is 5.89. The summed E-state index contributed by atoms with van der Waals surface area (Å²) in [6.07, 6.45) is 8.71. The first kappa shape index (κ1) is 30.8. The van der Waals surface area contributed by atoms with Crippen molar-refractivity contribution in [3.05, 3.63) is 83.0 Å². The molecule has 2 aromatic heterocycles. The van der Waals surface area contributed by atoms with Crippen LogP contribution in [-0.2, 0) is 21.0 Å². The lowest BCUT2D eigenvalue weighted by atomic mass is 9.79. The number of urea groups is 1. The van der Waals surface area contributed by atoms with Crippen LogP contribution >= 0.6 is 11.6 Å². The van der Waals surface area contributed by atoms with Crippen LogP contribution in [-0.4, -0.2) is 53.7 Å². The van der Waals surface area contributed by atoms with Crippen LogP contribution < -0.4 is 16.0 Å². The minimum atomic E-state index is -2.75. The molecule has 3 amide bonds. The first-order chi connectivity index (χ1) is 20.6. The molecule has 1 aliphatic heterocycles. The van der Waals surface area contributed by atoms with Gasteiger partial charge >= 0.3 is 6.03 Å². The van der Waals surface area contributed by atoms with Gasteiger partial charge < -0.3 is 10.2 Å². The van der Waals surface area contributed by atoms with E-state index in [9.17, 15) is 18.0 Å². The van der Waals surface area contributed by atoms with Crippen molar-refractivity contribution in [2.75, 3.05) is 23.1 Å². The van der Waals surface area contributed by atoms with E-state index in [2.05, 4.69) is 25.9 Å². The Bertz CT molecular complexity index is 1530. The Hall–Kier alpha value is -3.61. The van der Waals surface area contributed by atoms with Gasteiger partial charge in [0.15, 0.2) is 10.7 Å². The van der Waals surface area contributed by atoms with Gasteiger partial charge in [-0.2, -0.15) is 0 Å². The molecule has 0 radical (unpaired) electrons. The molecule has 3 atom stereocenters. The van der Waals surface area contributed by atoms with E-state index in [0.29, 0.717) is 35.9 Å². The lowest BCUT2D eigenvalue weighted by Gasteiger charge is -2.36. The van der Waals surface area contributed by atoms with Crippen molar-refractivity contribution < 1.29 is 22.4 Å². The Kier molecular flexibility index (Phi) is 9.58. The van der Waals surface area contributed by atoms with Gasteiger partial charge in [-0.3, -0.25) is 20.4 Å². The fraction of sp³-hybridized carbons (Fsp3) is 0.400. The number of carbonyl (C=O) groups excluding carboxylic acids is 2. The molecule has 5 rings (SSSR count). The molecule has 1 aromatic carbocycles. The molecule has 10 nitrogen and oxygen atoms in total. The second-order valence-corrected chi connectivity index (χ2v) is 12.7. The number of rotatable bonds is 11. The van der Waals surface area contributed by atoms with Gasteiger partial charge in [-0.1, -0.05) is 37.4 Å². The number of anilines is 2. The van der Waals surface area contributed by atoms with E-state index < -0.39 is 40.0 Å². The Morgan fingerprint density at radius 1 is 1.09 bits per heavy atom. The number of halogens is 2. The van der Waals surface area contributed by atoms with Gasteiger partial charge in [-0.25, -0.2) is 22.6 Å². The number of hydrogen-bond acceptors (Lipinski definition) is 7. The Morgan fingerprint density at radius 3 is 2.53 bits per heavy atom. The summed E-state index contributed by atoms with van der Waals surface area (Å²) in [7, 11) is -2.75. The standard InChI is InChI=1S/C30H34ClFN6O4S/c1-19-14-26(38(17-19)29(40)37-27-7-5-23(31)16-34-27)28(39)36-25-15-22(4-6-24(25)32)30(35-18-43(41)42,11-8-20-2-3-20)21-9-12-33-13-10-21/h4-7,9-10,12-13,15-16,19-20,26,35,43H,2-3,8,11,14,17-18H2,1H3,(H,36,39)(H,34,37,40)/t19-,26-,30?/m1/s1. The highest BCUT2D eigenvalue weighted by atomic mass is 35.5. The molecule has 2 fully saturated rings. The van der Waals surface area contributed by atoms with Crippen LogP contribution in [0.15, 0.2) is 61.1 Å². The Labute approximate surface area is 256 Å². The van der Waals surface area contributed by atoms with Gasteiger partial charge in [-0.15, -0.1) is 0 Å². The summed E-state index contributed by atoms with van der Waals surface area (Å²) in [5, 5.41) is 9.04. The van der Waals surface area contributed by atoms with Crippen LogP contribution in [0, 0.1) is 17.7 Å². The lowest BCUT2D eigenvalue weighted by molar-refractivity contribution is -0.119. The summed E-state index contributed by atoms with van der Waals surface area (Å²) in [5.41, 5.74) is 0.372. The third kappa shape index (κ3) is 7.49. The number of nitrogens with zero attached hydrogens (tertiary/aromatic N) is 3. The zero-order chi connectivity index (χ0) is 30.6. The highest BCUT2D eigenvalue weighted by Crippen LogP contribution is 2.42. The average molecular weight is 629 g/mol. The number of amides is 3. The summed E-state index contributed by atoms with van der Waals surface area (Å²) in [5.74, 6) is -0.580. The van der Waals surface area contributed by atoms with Crippen LogP contribution in [0.3, 0.4) is 0 Å². The van der Waals surface area contributed by atoms with Crippen molar-refractivity contribution in [2.24, 2.45) is 11.8 Å². The van der Waals surface area contributed by atoms with Crippen LogP contribution in [0.2, 0.25) is 5.02 Å². The number of thiol groups is 1. The second kappa shape index (κ2) is 13.4. The highest BCUT2D eigenvalue weighted by molar-refractivity contribution is 7.72. The fourth-order valence-electron chi connectivity index (χ4n) is 5.66. The minimum Gasteiger partial charge on any atom is -0.322 e. The van der Waals surface area contributed by atoms with Crippen molar-refractivity contribution in [1.29, 1.82) is 0 Å². The zero-order valence-electron chi connectivity index (χ0n) is 23.6. The maximum atomic E-state index is 15.2. The van der Waals surface area contributed by atoms with Gasteiger partial charge in [0, 0.05) is 25.1 Å². The first-order valence-corrected chi connectivity index (χ1v) is 16.0. The van der Waals surface area contributed by atoms with Crippen molar-refractivity contribution in [3.8, 4) is 0 Å². The predicted octanol–water partition coefficient (Wildman–Crippen LogP) is 4.74. The van der Waals surface area contributed by atoms with Crippen molar-refractivity contribution >= 4 is 45.7 Å². The van der Waals surface area contributed by atoms with Crippen molar-refractivity contribution in [2.45, 2.75) is 50.6 Å². The van der Waals surface area contributed by atoms with E-state index >= 15 is 4.39 Å². The normalized spacial score (nSPS) is 19.7. The molecule has 13 heteroatoms. The second-order valence-electron chi connectivity index (χ2n) is 11.3. The number of aromatic nitrogens is 2. The summed E-state index contributed by atoms with van der Waals surface area (Å²) < 4.78 is 38.7. The molecule has 2 aliphatic rings. The SMILES string of the molecule is C[C@@H]1C[C@H](C(=O)Nc2cc(C(CCC3CC3)(NC[SH](=O)=O)c3ccncc3)ccc2F)N(C(=O)Nc2ccc(Cl)cn2)C1. The minimum absolute atomic E-state index is 0.0379. The van der Waals surface area contributed by atoms with E-state index in [0.717, 1.165) is 24.8 Å². The topological polar surface area (TPSA) is 133 Å². The molecule has 3 N–H and O–H groups in total. The monoisotopic (exact) mass is 628 g/mol. The largest absolute Gasteiger partial charge is 0.323 e. The number of nitrogens with one attached hydrogen (secondary N) is 3. The Balaban J connectivity index is 1.42. The lowest BCUT2D eigenvalue weighted by Crippen LogP contribution is -2.45. The number of likely N-dealkylation sites (tertiary alicyclic amines) is 1. The molecule has 1 aliphatic carbocycles. The summed E-state index contributed by atoms with van der Waals surface area (Å²) in [4.78, 5) is 36.3. The summed E-state index contributed by atoms with van der Waals surface area (Å²) in [6.45, 7) is 2.27. The molecule has 1 saturated heterocycles. The van der Waals surface area contributed by atoms with E-state index in [1.165, 1.54) is 17.2 Å². The van der Waals surface area contributed by atoms with E-state index in [1.807, 2.05) is 19.1 Å². The first-order valence-electron chi connectivity index (χ1n) is 14.2. The number of pyridine rings is 2. The zero-order valence-corrected chi connectivity index (χ0v) is 25.3. The van der Waals surface area contributed by atoms with Crippen LogP contribution in [0.4, 0.5) is 20.7 Å². The van der Waals surface area contributed by atoms with E-state index in [1.54, 1.807) is 36.7 Å². The molecule has 43 heavy (non-hydrogen) atoms. The third-order valence-corrected chi connectivity index (χ3v) is 8.70. The number of carbonyl (C=O) groups is 2. The van der Waals surface area contributed by atoms with Gasteiger partial charge in [0.25, 0.3) is 0 Å². The fourth-order valence-corrected chi connectivity index (χ4v) is 6.17. The predicted molar refractivity (Wildman–Crippen MR) is 163 cm³/mol. The molecular weight excluding hydrogens is 595 g/mol. The Morgan fingerprint density at radius 2 is 1.86 bits per heavy atom. The molecule has 3 heterocycles. The van der Waals surface area contributed by atoms with E-state index in [-0.39, 0.29) is 23.3 Å². The molecular formula is C30H34ClFN6O4S. The van der Waals surface area contributed by atoms with Crippen molar-refractivity contribution in [1.82, 2.24) is 20.2 Å². The van der Waals surface area contributed by atoms with Gasteiger partial charge in [-0.05, 0) is 78.6 Å². The quantitative estimate of drug-likeness (QED) is 0.225. The number of benzene rings is 1. The molecule has 228 valence electrons. The summed E-state index contributed by atoms with van der Waals surface area (Å²) in [6, 6.07) is 9.87. The van der Waals surface area contributed by atoms with Gasteiger partial charge in [0.05, 0.1) is 22.1 Å². The molecule has 3 aromatic rings. The molecule has 1 unspecified atom stereocenters. The van der Waals surface area contributed by atoms with Crippen LogP contribution in [0.5, 0.6) is 0 Å². The molecule has 0 spiro atoms. The maximum absolute atomic E-state index is 15.2.